The SMILES string of the molecule is CN1/C(=C(/O)c2ccc3ccccc3c2)C(=O)c2c(Cl)cccc2S1(=O)=O. The third-order valence-electron chi connectivity index (χ3n) is 4.62. The Hall–Kier alpha value is -2.83. The molecule has 1 aliphatic rings. The monoisotopic (exact) mass is 399 g/mol. The van der Waals surface area contributed by atoms with Crippen molar-refractivity contribution in [1.29, 1.82) is 0 Å². The van der Waals surface area contributed by atoms with Crippen molar-refractivity contribution in [3.05, 3.63) is 82.5 Å². The van der Waals surface area contributed by atoms with Crippen LogP contribution in [0.2, 0.25) is 5.02 Å². The number of aliphatic hydroxyl groups is 1. The number of halogens is 1. The topological polar surface area (TPSA) is 74.7 Å². The molecule has 4 rings (SSSR count). The van der Waals surface area contributed by atoms with Gasteiger partial charge in [0.2, 0.25) is 5.78 Å². The Morgan fingerprint density at radius 2 is 1.70 bits per heavy atom. The van der Waals surface area contributed by atoms with Crippen molar-refractivity contribution in [2.24, 2.45) is 0 Å². The molecule has 0 amide bonds. The van der Waals surface area contributed by atoms with Crippen LogP contribution in [0.5, 0.6) is 0 Å². The summed E-state index contributed by atoms with van der Waals surface area (Å²) in [5.74, 6) is -1.05. The molecular weight excluding hydrogens is 386 g/mol. The summed E-state index contributed by atoms with van der Waals surface area (Å²) in [5, 5.41) is 12.6. The highest BCUT2D eigenvalue weighted by atomic mass is 35.5. The van der Waals surface area contributed by atoms with Gasteiger partial charge in [-0.3, -0.25) is 9.10 Å². The molecule has 0 saturated carbocycles. The quantitative estimate of drug-likeness (QED) is 0.490. The zero-order valence-electron chi connectivity index (χ0n) is 14.2. The van der Waals surface area contributed by atoms with Crippen molar-refractivity contribution >= 4 is 43.9 Å². The van der Waals surface area contributed by atoms with Crippen molar-refractivity contribution in [3.63, 3.8) is 0 Å². The minimum atomic E-state index is -4.01. The normalized spacial score (nSPS) is 17.7. The summed E-state index contributed by atoms with van der Waals surface area (Å²) >= 11 is 6.10. The van der Waals surface area contributed by atoms with E-state index in [1.807, 2.05) is 24.3 Å². The maximum atomic E-state index is 13.0. The van der Waals surface area contributed by atoms with E-state index in [4.69, 9.17) is 11.6 Å². The summed E-state index contributed by atoms with van der Waals surface area (Å²) in [5.41, 5.74) is -0.111. The Kier molecular flexibility index (Phi) is 3.98. The lowest BCUT2D eigenvalue weighted by Gasteiger charge is -2.29. The maximum Gasteiger partial charge on any atom is 0.265 e. The molecule has 1 heterocycles. The minimum absolute atomic E-state index is 0.0259. The number of fused-ring (bicyclic) bond motifs is 2. The molecule has 0 atom stereocenters. The van der Waals surface area contributed by atoms with Crippen LogP contribution in [0.25, 0.3) is 16.5 Å². The molecule has 5 nitrogen and oxygen atoms in total. The van der Waals surface area contributed by atoms with E-state index in [9.17, 15) is 18.3 Å². The second-order valence-corrected chi connectivity index (χ2v) is 8.52. The van der Waals surface area contributed by atoms with Gasteiger partial charge in [0.25, 0.3) is 10.0 Å². The van der Waals surface area contributed by atoms with Crippen LogP contribution in [-0.2, 0) is 10.0 Å². The lowest BCUT2D eigenvalue weighted by molar-refractivity contribution is 0.100. The summed E-state index contributed by atoms with van der Waals surface area (Å²) in [7, 11) is -2.77. The average molecular weight is 400 g/mol. The number of Topliss-reactive ketones (excluding diaryl/α,β-unsaturated/α-hetero) is 1. The van der Waals surface area contributed by atoms with Crippen LogP contribution in [0.15, 0.2) is 71.3 Å². The van der Waals surface area contributed by atoms with Crippen molar-refractivity contribution < 1.29 is 18.3 Å². The second-order valence-electron chi connectivity index (χ2n) is 6.17. The number of carbonyl (C=O) groups excluding carboxylic acids is 1. The Morgan fingerprint density at radius 3 is 2.44 bits per heavy atom. The zero-order valence-corrected chi connectivity index (χ0v) is 15.8. The van der Waals surface area contributed by atoms with Crippen molar-refractivity contribution in [2.45, 2.75) is 4.90 Å². The van der Waals surface area contributed by atoms with Crippen molar-refractivity contribution in [1.82, 2.24) is 4.31 Å². The van der Waals surface area contributed by atoms with E-state index in [1.165, 1.54) is 25.2 Å². The number of benzene rings is 3. The number of hydrogen-bond acceptors (Lipinski definition) is 4. The Balaban J connectivity index is 1.99. The predicted molar refractivity (Wildman–Crippen MR) is 104 cm³/mol. The van der Waals surface area contributed by atoms with Crippen LogP contribution >= 0.6 is 11.6 Å². The summed E-state index contributed by atoms with van der Waals surface area (Å²) < 4.78 is 26.5. The van der Waals surface area contributed by atoms with E-state index in [1.54, 1.807) is 18.2 Å². The molecule has 0 aromatic heterocycles. The number of allylic oxidation sites excluding steroid dienone is 1. The molecule has 1 aliphatic heterocycles. The molecule has 0 spiro atoms. The van der Waals surface area contributed by atoms with E-state index in [0.29, 0.717) is 5.56 Å². The third kappa shape index (κ3) is 2.60. The summed E-state index contributed by atoms with van der Waals surface area (Å²) in [6.45, 7) is 0. The van der Waals surface area contributed by atoms with Crippen LogP contribution in [-0.4, -0.2) is 30.7 Å². The summed E-state index contributed by atoms with van der Waals surface area (Å²) in [6.07, 6.45) is 0. The molecule has 1 N–H and O–H groups in total. The van der Waals surface area contributed by atoms with Crippen molar-refractivity contribution in [2.75, 3.05) is 7.05 Å². The zero-order chi connectivity index (χ0) is 19.3. The van der Waals surface area contributed by atoms with Gasteiger partial charge in [-0.15, -0.1) is 0 Å². The fourth-order valence-electron chi connectivity index (χ4n) is 3.20. The summed E-state index contributed by atoms with van der Waals surface area (Å²) in [6, 6.07) is 16.9. The third-order valence-corrected chi connectivity index (χ3v) is 6.73. The van der Waals surface area contributed by atoms with E-state index in [2.05, 4.69) is 0 Å². The van der Waals surface area contributed by atoms with E-state index in [0.717, 1.165) is 15.1 Å². The second kappa shape index (κ2) is 6.11. The number of nitrogens with zero attached hydrogens (tertiary/aromatic N) is 1. The van der Waals surface area contributed by atoms with E-state index < -0.39 is 21.6 Å². The number of likely N-dealkylation sites (N-methyl/N-ethyl adjacent to an activating group) is 1. The van der Waals surface area contributed by atoms with Crippen LogP contribution in [0, 0.1) is 0 Å². The molecule has 3 aromatic carbocycles. The fraction of sp³-hybridized carbons (Fsp3) is 0.0500. The smallest absolute Gasteiger partial charge is 0.265 e. The molecule has 27 heavy (non-hydrogen) atoms. The highest BCUT2D eigenvalue weighted by molar-refractivity contribution is 7.89. The van der Waals surface area contributed by atoms with Gasteiger partial charge < -0.3 is 5.11 Å². The number of aliphatic hydroxyl groups excluding tert-OH is 1. The molecular formula is C20H14ClNO4S. The number of sulfonamides is 1. The lowest BCUT2D eigenvalue weighted by Crippen LogP contribution is -2.37. The number of ketones is 1. The molecule has 0 bridgehead atoms. The van der Waals surface area contributed by atoms with Gasteiger partial charge in [0, 0.05) is 12.6 Å². The molecule has 136 valence electrons. The van der Waals surface area contributed by atoms with Crippen LogP contribution in [0.4, 0.5) is 0 Å². The number of rotatable bonds is 1. The highest BCUT2D eigenvalue weighted by Gasteiger charge is 2.40. The van der Waals surface area contributed by atoms with Gasteiger partial charge in [-0.1, -0.05) is 54.1 Å². The standard InChI is InChI=1S/C20H14ClNO4S/c1-22-18(19(23)14-10-9-12-5-2-3-6-13(12)11-14)20(24)17-15(21)7-4-8-16(17)27(22,25)26/h2-11,23H,1H3/b19-18+. The van der Waals surface area contributed by atoms with Gasteiger partial charge in [0.1, 0.15) is 10.6 Å². The van der Waals surface area contributed by atoms with E-state index >= 15 is 0 Å². The van der Waals surface area contributed by atoms with Gasteiger partial charge in [0.15, 0.2) is 5.76 Å². The first-order valence-corrected chi connectivity index (χ1v) is 9.88. The van der Waals surface area contributed by atoms with Gasteiger partial charge in [0.05, 0.1) is 10.6 Å². The Labute approximate surface area is 161 Å². The molecule has 0 unspecified atom stereocenters. The van der Waals surface area contributed by atoms with E-state index in [-0.39, 0.29) is 21.2 Å². The van der Waals surface area contributed by atoms with Gasteiger partial charge in [-0.2, -0.15) is 0 Å². The molecule has 0 saturated heterocycles. The van der Waals surface area contributed by atoms with Gasteiger partial charge in [-0.25, -0.2) is 8.42 Å². The van der Waals surface area contributed by atoms with Crippen molar-refractivity contribution in [3.8, 4) is 0 Å². The van der Waals surface area contributed by atoms with Gasteiger partial charge in [-0.05, 0) is 29.0 Å². The fourth-order valence-corrected chi connectivity index (χ4v) is 4.93. The minimum Gasteiger partial charge on any atom is -0.505 e. The number of hydrogen-bond donors (Lipinski definition) is 1. The van der Waals surface area contributed by atoms with Crippen LogP contribution in [0.1, 0.15) is 15.9 Å². The highest BCUT2D eigenvalue weighted by Crippen LogP contribution is 2.37. The molecule has 0 radical (unpaired) electrons. The van der Waals surface area contributed by atoms with Gasteiger partial charge >= 0.3 is 0 Å². The first kappa shape index (κ1) is 17.6. The van der Waals surface area contributed by atoms with Crippen LogP contribution in [0.3, 0.4) is 0 Å². The first-order chi connectivity index (χ1) is 12.8. The molecule has 3 aromatic rings. The Morgan fingerprint density at radius 1 is 1.00 bits per heavy atom. The van der Waals surface area contributed by atoms with Crippen LogP contribution < -0.4 is 0 Å². The largest absolute Gasteiger partial charge is 0.505 e. The Bertz CT molecular complexity index is 1250. The first-order valence-electron chi connectivity index (χ1n) is 8.07. The molecule has 0 fully saturated rings. The molecule has 7 heteroatoms. The number of carbonyl (C=O) groups is 1. The predicted octanol–water partition coefficient (Wildman–Crippen LogP) is 4.24. The summed E-state index contributed by atoms with van der Waals surface area (Å²) in [4.78, 5) is 12.8. The maximum absolute atomic E-state index is 13.0. The lowest BCUT2D eigenvalue weighted by atomic mass is 10.0. The average Bonchev–Trinajstić information content (AvgIpc) is 2.66. The molecule has 0 aliphatic carbocycles.